The molecule has 2 N–H and O–H groups in total. The minimum absolute atomic E-state index is 0.193. The van der Waals surface area contributed by atoms with Gasteiger partial charge < -0.3 is 10.6 Å². The van der Waals surface area contributed by atoms with Gasteiger partial charge in [-0.15, -0.1) is 0 Å². The van der Waals surface area contributed by atoms with E-state index in [2.05, 4.69) is 34.6 Å². The largest absolute Gasteiger partial charge is 0.337 e. The van der Waals surface area contributed by atoms with Crippen LogP contribution in [-0.2, 0) is 12.0 Å². The van der Waals surface area contributed by atoms with Gasteiger partial charge in [-0.1, -0.05) is 49.7 Å². The Balaban J connectivity index is 1.48. The summed E-state index contributed by atoms with van der Waals surface area (Å²) in [6.07, 6.45) is 3.13. The smallest absolute Gasteiger partial charge is 0.315 e. The van der Waals surface area contributed by atoms with Crippen LogP contribution in [0.25, 0.3) is 5.69 Å². The van der Waals surface area contributed by atoms with Gasteiger partial charge in [0.25, 0.3) is 0 Å². The van der Waals surface area contributed by atoms with Gasteiger partial charge in [-0.25, -0.2) is 14.5 Å². The number of hydrogen-bond donors (Lipinski definition) is 2. The molecule has 0 fully saturated rings. The Morgan fingerprint density at radius 1 is 1.07 bits per heavy atom. The van der Waals surface area contributed by atoms with Crippen molar-refractivity contribution in [3.63, 3.8) is 0 Å². The van der Waals surface area contributed by atoms with E-state index in [9.17, 15) is 4.79 Å². The number of nitrogens with one attached hydrogen (secondary N) is 2. The molecule has 140 valence electrons. The quantitative estimate of drug-likeness (QED) is 0.681. The van der Waals surface area contributed by atoms with E-state index in [4.69, 9.17) is 11.6 Å². The van der Waals surface area contributed by atoms with Gasteiger partial charge in [-0.05, 0) is 35.4 Å². The summed E-state index contributed by atoms with van der Waals surface area (Å²) >= 11 is 5.94. The van der Waals surface area contributed by atoms with Crippen molar-refractivity contribution in [2.45, 2.75) is 25.8 Å². The van der Waals surface area contributed by atoms with Gasteiger partial charge in [0.05, 0.1) is 5.69 Å². The van der Waals surface area contributed by atoms with Crippen molar-refractivity contribution in [3.05, 3.63) is 77.3 Å². The topological polar surface area (TPSA) is 71.8 Å². The molecule has 0 bridgehead atoms. The number of amides is 2. The zero-order chi connectivity index (χ0) is 19.3. The molecule has 0 aliphatic heterocycles. The first-order valence-corrected chi connectivity index (χ1v) is 9.03. The average molecular weight is 384 g/mol. The molecular formula is C20H22ClN5O. The number of carbonyl (C=O) groups is 1. The molecule has 6 nitrogen and oxygen atoms in total. The van der Waals surface area contributed by atoms with E-state index in [1.54, 1.807) is 11.0 Å². The van der Waals surface area contributed by atoms with E-state index in [-0.39, 0.29) is 11.4 Å². The number of carbonyl (C=O) groups excluding carboxylic acids is 1. The molecule has 1 heterocycles. The molecule has 0 unspecified atom stereocenters. The van der Waals surface area contributed by atoms with Crippen LogP contribution in [0.2, 0.25) is 5.02 Å². The maximum Gasteiger partial charge on any atom is 0.315 e. The van der Waals surface area contributed by atoms with Crippen LogP contribution in [0, 0.1) is 0 Å². The van der Waals surface area contributed by atoms with Crippen LogP contribution < -0.4 is 10.6 Å². The standard InChI is InChI=1S/C20H22ClN5O/c1-20(2,16-5-7-17(21)8-6-16)12-24-19(27)23-11-15-3-9-18(10-4-15)26-14-22-13-25-26/h3-10,13-14H,11-12H2,1-2H3,(H2,23,24,27). The van der Waals surface area contributed by atoms with Crippen LogP contribution >= 0.6 is 11.6 Å². The molecule has 0 saturated carbocycles. The fourth-order valence-electron chi connectivity index (χ4n) is 2.66. The summed E-state index contributed by atoms with van der Waals surface area (Å²) in [5, 5.41) is 10.6. The third-order valence-corrected chi connectivity index (χ3v) is 4.64. The van der Waals surface area contributed by atoms with E-state index in [1.807, 2.05) is 48.5 Å². The Labute approximate surface area is 163 Å². The lowest BCUT2D eigenvalue weighted by atomic mass is 9.85. The summed E-state index contributed by atoms with van der Waals surface area (Å²) in [6, 6.07) is 15.3. The molecule has 2 amide bonds. The summed E-state index contributed by atoms with van der Waals surface area (Å²) in [6.45, 7) is 5.13. The number of urea groups is 1. The highest BCUT2D eigenvalue weighted by Gasteiger charge is 2.21. The van der Waals surface area contributed by atoms with Crippen molar-refractivity contribution in [1.29, 1.82) is 0 Å². The van der Waals surface area contributed by atoms with Gasteiger partial charge in [0.15, 0.2) is 0 Å². The van der Waals surface area contributed by atoms with E-state index in [1.165, 1.54) is 6.33 Å². The first-order chi connectivity index (χ1) is 12.9. The van der Waals surface area contributed by atoms with Crippen molar-refractivity contribution in [2.24, 2.45) is 0 Å². The second-order valence-electron chi connectivity index (χ2n) is 6.93. The highest BCUT2D eigenvalue weighted by molar-refractivity contribution is 6.30. The number of rotatable bonds is 6. The summed E-state index contributed by atoms with van der Waals surface area (Å²) < 4.78 is 1.68. The van der Waals surface area contributed by atoms with Crippen molar-refractivity contribution in [1.82, 2.24) is 25.4 Å². The molecule has 0 saturated heterocycles. The predicted octanol–water partition coefficient (Wildman–Crippen LogP) is 3.70. The summed E-state index contributed by atoms with van der Waals surface area (Å²) in [7, 11) is 0. The van der Waals surface area contributed by atoms with Gasteiger partial charge in [-0.3, -0.25) is 0 Å². The first-order valence-electron chi connectivity index (χ1n) is 8.66. The second kappa shape index (κ2) is 8.22. The lowest BCUT2D eigenvalue weighted by Gasteiger charge is -2.25. The Hall–Kier alpha value is -2.86. The van der Waals surface area contributed by atoms with Crippen LogP contribution in [0.5, 0.6) is 0 Å². The maximum absolute atomic E-state index is 12.1. The molecular weight excluding hydrogens is 362 g/mol. The number of halogens is 1. The molecule has 27 heavy (non-hydrogen) atoms. The van der Waals surface area contributed by atoms with Crippen LogP contribution in [0.3, 0.4) is 0 Å². The molecule has 0 radical (unpaired) electrons. The molecule has 0 aliphatic carbocycles. The van der Waals surface area contributed by atoms with Gasteiger partial charge in [0, 0.05) is 23.5 Å². The minimum atomic E-state index is -0.197. The van der Waals surface area contributed by atoms with Crippen molar-refractivity contribution >= 4 is 17.6 Å². The number of benzene rings is 2. The SMILES string of the molecule is CC(C)(CNC(=O)NCc1ccc(-n2cncn2)cc1)c1ccc(Cl)cc1. The zero-order valence-electron chi connectivity index (χ0n) is 15.3. The molecule has 0 atom stereocenters. The molecule has 0 aliphatic rings. The summed E-state index contributed by atoms with van der Waals surface area (Å²) in [5.41, 5.74) is 2.86. The van der Waals surface area contributed by atoms with Crippen molar-refractivity contribution in [3.8, 4) is 5.69 Å². The Kier molecular flexibility index (Phi) is 5.76. The monoisotopic (exact) mass is 383 g/mol. The van der Waals surface area contributed by atoms with E-state index in [0.717, 1.165) is 16.8 Å². The highest BCUT2D eigenvalue weighted by Crippen LogP contribution is 2.23. The lowest BCUT2D eigenvalue weighted by molar-refractivity contribution is 0.238. The highest BCUT2D eigenvalue weighted by atomic mass is 35.5. The summed E-state index contributed by atoms with van der Waals surface area (Å²) in [5.74, 6) is 0. The number of aromatic nitrogens is 3. The van der Waals surface area contributed by atoms with Crippen molar-refractivity contribution in [2.75, 3.05) is 6.54 Å². The molecule has 2 aromatic carbocycles. The second-order valence-corrected chi connectivity index (χ2v) is 7.37. The Morgan fingerprint density at radius 2 is 1.78 bits per heavy atom. The average Bonchev–Trinajstić information content (AvgIpc) is 3.20. The van der Waals surface area contributed by atoms with Crippen LogP contribution in [0.4, 0.5) is 4.79 Å². The number of hydrogen-bond acceptors (Lipinski definition) is 3. The minimum Gasteiger partial charge on any atom is -0.337 e. The van der Waals surface area contributed by atoms with E-state index in [0.29, 0.717) is 18.1 Å². The Bertz CT molecular complexity index is 874. The fourth-order valence-corrected chi connectivity index (χ4v) is 2.78. The molecule has 3 aromatic rings. The first kappa shape index (κ1) is 18.9. The third-order valence-electron chi connectivity index (χ3n) is 4.39. The van der Waals surface area contributed by atoms with Gasteiger partial charge in [-0.2, -0.15) is 5.10 Å². The molecule has 7 heteroatoms. The van der Waals surface area contributed by atoms with Crippen LogP contribution in [0.15, 0.2) is 61.2 Å². The molecule has 0 spiro atoms. The maximum atomic E-state index is 12.1. The fraction of sp³-hybridized carbons (Fsp3) is 0.250. The Morgan fingerprint density at radius 3 is 2.41 bits per heavy atom. The van der Waals surface area contributed by atoms with E-state index >= 15 is 0 Å². The molecule has 3 rings (SSSR count). The van der Waals surface area contributed by atoms with E-state index < -0.39 is 0 Å². The number of nitrogens with zero attached hydrogens (tertiary/aromatic N) is 3. The van der Waals surface area contributed by atoms with Gasteiger partial charge in [0.2, 0.25) is 0 Å². The summed E-state index contributed by atoms with van der Waals surface area (Å²) in [4.78, 5) is 16.1. The molecule has 1 aromatic heterocycles. The zero-order valence-corrected chi connectivity index (χ0v) is 16.1. The normalized spacial score (nSPS) is 11.2. The third kappa shape index (κ3) is 5.08. The van der Waals surface area contributed by atoms with Crippen LogP contribution in [0.1, 0.15) is 25.0 Å². The lowest BCUT2D eigenvalue weighted by Crippen LogP contribution is -2.42. The van der Waals surface area contributed by atoms with Crippen LogP contribution in [-0.4, -0.2) is 27.3 Å². The van der Waals surface area contributed by atoms with Crippen molar-refractivity contribution < 1.29 is 4.79 Å². The van der Waals surface area contributed by atoms with Gasteiger partial charge >= 0.3 is 6.03 Å². The van der Waals surface area contributed by atoms with Gasteiger partial charge in [0.1, 0.15) is 12.7 Å². The predicted molar refractivity (Wildman–Crippen MR) is 106 cm³/mol.